The number of aromatic amines is 1. The molecule has 190 valence electrons. The molecular formula is C22H20N7O7S+. The monoisotopic (exact) mass is 526 g/mol. The normalized spacial score (nSPS) is 13.1. The highest BCUT2D eigenvalue weighted by atomic mass is 32.2. The Bertz CT molecular complexity index is 1640. The first-order chi connectivity index (χ1) is 17.7. The molecule has 14 nitrogen and oxygen atoms in total. The molecule has 5 rings (SSSR count). The molecule has 1 aliphatic rings. The molecular weight excluding hydrogens is 506 g/mol. The minimum atomic E-state index is -4.13. The van der Waals surface area contributed by atoms with Gasteiger partial charge in [-0.05, 0) is 29.0 Å². The van der Waals surface area contributed by atoms with E-state index in [-0.39, 0.29) is 52.1 Å². The average molecular weight is 527 g/mol. The fourth-order valence-corrected chi connectivity index (χ4v) is 4.80. The highest BCUT2D eigenvalue weighted by Crippen LogP contribution is 2.29. The van der Waals surface area contributed by atoms with Gasteiger partial charge in [0.15, 0.2) is 18.0 Å². The minimum Gasteiger partial charge on any atom is -0.482 e. The maximum absolute atomic E-state index is 12.9. The molecule has 4 aromatic rings. The number of hydrogen-bond donors (Lipinski definition) is 7. The van der Waals surface area contributed by atoms with Crippen molar-refractivity contribution in [2.24, 2.45) is 0 Å². The summed E-state index contributed by atoms with van der Waals surface area (Å²) >= 11 is 0. The van der Waals surface area contributed by atoms with Gasteiger partial charge in [0.1, 0.15) is 17.6 Å². The van der Waals surface area contributed by atoms with E-state index >= 15 is 0 Å². The summed E-state index contributed by atoms with van der Waals surface area (Å²) in [6.45, 7) is 0.0665. The van der Waals surface area contributed by atoms with Crippen molar-refractivity contribution in [3.8, 4) is 5.75 Å². The summed E-state index contributed by atoms with van der Waals surface area (Å²) in [7, 11) is -4.13. The number of quaternary nitrogens is 1. The maximum Gasteiger partial charge on any atom is 0.272 e. The lowest BCUT2D eigenvalue weighted by Gasteiger charge is -2.18. The van der Waals surface area contributed by atoms with Gasteiger partial charge in [-0.2, -0.15) is 10.4 Å². The number of rotatable bonds is 7. The number of nitrogens with zero attached hydrogens (tertiary/aromatic N) is 2. The number of carbonyl (C=O) groups is 2. The summed E-state index contributed by atoms with van der Waals surface area (Å²) < 4.78 is 33.4. The largest absolute Gasteiger partial charge is 0.482 e. The summed E-state index contributed by atoms with van der Waals surface area (Å²) in [5.41, 5.74) is 1.56. The molecule has 2 amide bonds. The van der Waals surface area contributed by atoms with E-state index < -0.39 is 21.2 Å². The number of ether oxygens (including phenoxy) is 1. The van der Waals surface area contributed by atoms with Crippen LogP contribution in [0.2, 0.25) is 0 Å². The molecule has 0 spiro atoms. The zero-order chi connectivity index (χ0) is 26.2. The second kappa shape index (κ2) is 9.47. The van der Waals surface area contributed by atoms with Crippen molar-refractivity contribution < 1.29 is 38.4 Å². The fourth-order valence-electron chi connectivity index (χ4n) is 3.70. The Labute approximate surface area is 208 Å². The van der Waals surface area contributed by atoms with Crippen LogP contribution < -0.4 is 25.3 Å². The van der Waals surface area contributed by atoms with E-state index in [9.17, 15) is 28.4 Å². The summed E-state index contributed by atoms with van der Waals surface area (Å²) in [4.78, 5) is 35.2. The smallest absolute Gasteiger partial charge is 0.272 e. The van der Waals surface area contributed by atoms with Gasteiger partial charge in [-0.1, -0.05) is 12.1 Å². The molecule has 0 fully saturated rings. The molecule has 3 heterocycles. The summed E-state index contributed by atoms with van der Waals surface area (Å²) in [5.74, 6) is -0.275. The summed E-state index contributed by atoms with van der Waals surface area (Å²) in [6, 6.07) is 10.2. The van der Waals surface area contributed by atoms with Crippen LogP contribution in [0.5, 0.6) is 5.75 Å². The van der Waals surface area contributed by atoms with Crippen LogP contribution in [0.15, 0.2) is 59.9 Å². The quantitative estimate of drug-likeness (QED) is 0.166. The van der Waals surface area contributed by atoms with Gasteiger partial charge in [0, 0.05) is 24.9 Å². The molecule has 37 heavy (non-hydrogen) atoms. The molecule has 0 unspecified atom stereocenters. The van der Waals surface area contributed by atoms with Gasteiger partial charge in [0.25, 0.3) is 21.8 Å². The lowest BCUT2D eigenvalue weighted by molar-refractivity contribution is -1.19. The number of H-pyrrole nitrogens is 1. The third-order valence-electron chi connectivity index (χ3n) is 5.46. The van der Waals surface area contributed by atoms with Crippen LogP contribution in [-0.2, 0) is 21.4 Å². The Hall–Kier alpha value is -4.57. The molecule has 1 aliphatic heterocycles. The Morgan fingerprint density at radius 1 is 1.16 bits per heavy atom. The lowest BCUT2D eigenvalue weighted by Crippen LogP contribution is -3.01. The van der Waals surface area contributed by atoms with Gasteiger partial charge in [-0.25, -0.2) is 18.4 Å². The van der Waals surface area contributed by atoms with Gasteiger partial charge in [-0.3, -0.25) is 14.3 Å². The number of hydrogen-bond acceptors (Lipinski definition) is 9. The van der Waals surface area contributed by atoms with Gasteiger partial charge >= 0.3 is 0 Å². The van der Waals surface area contributed by atoms with E-state index in [1.165, 1.54) is 24.4 Å². The van der Waals surface area contributed by atoms with Crippen LogP contribution in [-0.4, -0.2) is 52.2 Å². The van der Waals surface area contributed by atoms with E-state index in [0.29, 0.717) is 17.0 Å². The van der Waals surface area contributed by atoms with Crippen molar-refractivity contribution in [2.45, 2.75) is 11.4 Å². The van der Waals surface area contributed by atoms with Crippen molar-refractivity contribution in [2.75, 3.05) is 16.6 Å². The number of aromatic nitrogens is 3. The minimum absolute atomic E-state index is 0.00755. The third-order valence-corrected chi connectivity index (χ3v) is 6.82. The van der Waals surface area contributed by atoms with Crippen LogP contribution in [0.1, 0.15) is 16.1 Å². The van der Waals surface area contributed by atoms with E-state index in [1.54, 1.807) is 18.2 Å². The van der Waals surface area contributed by atoms with Gasteiger partial charge in [0.2, 0.25) is 0 Å². The van der Waals surface area contributed by atoms with Gasteiger partial charge < -0.3 is 20.4 Å². The molecule has 0 radical (unpaired) electrons. The third kappa shape index (κ3) is 4.91. The van der Waals surface area contributed by atoms with Gasteiger partial charge in [-0.15, -0.1) is 0 Å². The zero-order valence-corrected chi connectivity index (χ0v) is 19.7. The first kappa shape index (κ1) is 24.1. The van der Waals surface area contributed by atoms with E-state index in [4.69, 9.17) is 4.74 Å². The molecule has 7 N–H and O–H groups in total. The Kier molecular flexibility index (Phi) is 6.18. The number of nitrogens with one attached hydrogen (secondary N) is 5. The summed E-state index contributed by atoms with van der Waals surface area (Å²) in [6.07, 6.45) is 2.47. The number of amides is 2. The Morgan fingerprint density at radius 3 is 2.81 bits per heavy atom. The standard InChI is InChI=1S/C22H19N7O7S/c30-18-10-36-17-5-4-12(6-15(17)27-18)8-24-22(31)21-20-19(25-11-26-21)16(9-23-20)28-37(34,35)14-3-1-2-13(7-14)29(32)33/h1-7,9,11,23,28,32-33H,8,10H2,(H,24,31)(H,27,30)/p+1. The molecule has 0 atom stereocenters. The van der Waals surface area contributed by atoms with E-state index in [1.807, 2.05) is 0 Å². The molecule has 15 heteroatoms. The van der Waals surface area contributed by atoms with Crippen molar-refractivity contribution in [1.82, 2.24) is 20.3 Å². The summed E-state index contributed by atoms with van der Waals surface area (Å²) in [5, 5.41) is 22.9. The second-order valence-electron chi connectivity index (χ2n) is 7.96. The van der Waals surface area contributed by atoms with Crippen LogP contribution in [0, 0.1) is 0 Å². The predicted octanol–water partition coefficient (Wildman–Crippen LogP) is 0.314. The molecule has 0 saturated carbocycles. The second-order valence-corrected chi connectivity index (χ2v) is 9.64. The van der Waals surface area contributed by atoms with E-state index in [2.05, 4.69) is 30.3 Å². The van der Waals surface area contributed by atoms with Gasteiger partial charge in [0.05, 0.1) is 21.8 Å². The number of fused-ring (bicyclic) bond motifs is 2. The van der Waals surface area contributed by atoms with Crippen LogP contribution >= 0.6 is 0 Å². The van der Waals surface area contributed by atoms with Crippen LogP contribution in [0.25, 0.3) is 11.0 Å². The first-order valence-electron chi connectivity index (χ1n) is 10.8. The topological polar surface area (TPSA) is 200 Å². The molecule has 2 aromatic heterocycles. The van der Waals surface area contributed by atoms with Crippen molar-refractivity contribution in [1.29, 1.82) is 0 Å². The van der Waals surface area contributed by atoms with Crippen molar-refractivity contribution >= 4 is 49.9 Å². The molecule has 0 saturated heterocycles. The number of benzene rings is 2. The SMILES string of the molecule is O=C1COc2ccc(CNC(=O)c3ncnc4c(NS(=O)(=O)c5cccc([NH+](O)O)c5)c[nH]c34)cc2N1. The highest BCUT2D eigenvalue weighted by Gasteiger charge is 2.22. The number of carbonyl (C=O) groups excluding carboxylic acids is 2. The predicted molar refractivity (Wildman–Crippen MR) is 127 cm³/mol. The highest BCUT2D eigenvalue weighted by molar-refractivity contribution is 7.92. The zero-order valence-electron chi connectivity index (χ0n) is 18.8. The van der Waals surface area contributed by atoms with E-state index in [0.717, 1.165) is 12.4 Å². The lowest BCUT2D eigenvalue weighted by atomic mass is 10.1. The molecule has 0 bridgehead atoms. The average Bonchev–Trinajstić information content (AvgIpc) is 3.29. The van der Waals surface area contributed by atoms with Crippen molar-refractivity contribution in [3.05, 3.63) is 66.2 Å². The fraction of sp³-hybridized carbons (Fsp3) is 0.0909. The Balaban J connectivity index is 1.34. The number of anilines is 2. The maximum atomic E-state index is 12.9. The Morgan fingerprint density at radius 2 is 2.00 bits per heavy atom. The molecule has 0 aliphatic carbocycles. The van der Waals surface area contributed by atoms with Crippen LogP contribution in [0.4, 0.5) is 17.1 Å². The van der Waals surface area contributed by atoms with Crippen LogP contribution in [0.3, 0.4) is 0 Å². The number of sulfonamides is 1. The molecule has 2 aromatic carbocycles. The first-order valence-corrected chi connectivity index (χ1v) is 12.2. The van der Waals surface area contributed by atoms with Crippen molar-refractivity contribution in [3.63, 3.8) is 0 Å².